The first-order chi connectivity index (χ1) is 8.52. The second-order valence-corrected chi connectivity index (χ2v) is 4.48. The van der Waals surface area contributed by atoms with Gasteiger partial charge >= 0.3 is 0 Å². The quantitative estimate of drug-likeness (QED) is 0.905. The van der Waals surface area contributed by atoms with Crippen LogP contribution in [0.5, 0.6) is 11.5 Å². The largest absolute Gasteiger partial charge is 0.453 e. The molecule has 0 unspecified atom stereocenters. The van der Waals surface area contributed by atoms with E-state index in [0.29, 0.717) is 0 Å². The van der Waals surface area contributed by atoms with Crippen molar-refractivity contribution < 1.29 is 9.84 Å². The van der Waals surface area contributed by atoms with E-state index in [1.54, 1.807) is 0 Å². The Hall–Kier alpha value is -1.81. The molecule has 1 N–H and O–H groups in total. The molecule has 0 saturated carbocycles. The van der Waals surface area contributed by atoms with Gasteiger partial charge in [0.25, 0.3) is 0 Å². The van der Waals surface area contributed by atoms with Crippen molar-refractivity contribution >= 4 is 0 Å². The highest BCUT2D eigenvalue weighted by molar-refractivity contribution is 5.42. The summed E-state index contributed by atoms with van der Waals surface area (Å²) in [4.78, 5) is 0. The SMILES string of the molecule is Cc1cc(CO)ccc1Oc1c(C)nn(C)c1C. The number of hydrogen-bond donors (Lipinski definition) is 1. The number of nitrogens with zero attached hydrogens (tertiary/aromatic N) is 2. The highest BCUT2D eigenvalue weighted by atomic mass is 16.5. The van der Waals surface area contributed by atoms with Crippen molar-refractivity contribution in [3.63, 3.8) is 0 Å². The van der Waals surface area contributed by atoms with E-state index in [2.05, 4.69) is 5.10 Å². The lowest BCUT2D eigenvalue weighted by Gasteiger charge is -2.10. The molecule has 2 aromatic rings. The number of aliphatic hydroxyl groups excluding tert-OH is 1. The Morgan fingerprint density at radius 1 is 1.28 bits per heavy atom. The number of hydrogen-bond acceptors (Lipinski definition) is 3. The van der Waals surface area contributed by atoms with Crippen LogP contribution in [-0.4, -0.2) is 14.9 Å². The first-order valence-electron chi connectivity index (χ1n) is 5.91. The van der Waals surface area contributed by atoms with Crippen LogP contribution in [0.4, 0.5) is 0 Å². The van der Waals surface area contributed by atoms with Gasteiger partial charge in [0, 0.05) is 7.05 Å². The average molecular weight is 246 g/mol. The molecule has 1 aromatic heterocycles. The number of aryl methyl sites for hydroxylation is 3. The fourth-order valence-electron chi connectivity index (χ4n) is 1.94. The normalized spacial score (nSPS) is 10.7. The summed E-state index contributed by atoms with van der Waals surface area (Å²) in [5, 5.41) is 13.4. The summed E-state index contributed by atoms with van der Waals surface area (Å²) in [5.41, 5.74) is 3.77. The lowest BCUT2D eigenvalue weighted by Crippen LogP contribution is -1.94. The molecule has 0 amide bonds. The summed E-state index contributed by atoms with van der Waals surface area (Å²) in [7, 11) is 1.90. The fourth-order valence-corrected chi connectivity index (χ4v) is 1.94. The van der Waals surface area contributed by atoms with E-state index in [-0.39, 0.29) is 6.61 Å². The van der Waals surface area contributed by atoms with Gasteiger partial charge in [0.05, 0.1) is 12.3 Å². The molecule has 0 bridgehead atoms. The zero-order chi connectivity index (χ0) is 13.3. The summed E-state index contributed by atoms with van der Waals surface area (Å²) in [6, 6.07) is 5.67. The third kappa shape index (κ3) is 2.24. The van der Waals surface area contributed by atoms with Gasteiger partial charge in [-0.1, -0.05) is 12.1 Å². The number of ether oxygens (including phenoxy) is 1. The summed E-state index contributed by atoms with van der Waals surface area (Å²) < 4.78 is 7.73. The molecular weight excluding hydrogens is 228 g/mol. The van der Waals surface area contributed by atoms with E-state index in [1.807, 2.05) is 50.7 Å². The fraction of sp³-hybridized carbons (Fsp3) is 0.357. The zero-order valence-corrected chi connectivity index (χ0v) is 11.2. The third-order valence-electron chi connectivity index (χ3n) is 3.08. The molecule has 0 radical (unpaired) electrons. The van der Waals surface area contributed by atoms with Crippen LogP contribution in [0.2, 0.25) is 0 Å². The van der Waals surface area contributed by atoms with Crippen molar-refractivity contribution in [2.45, 2.75) is 27.4 Å². The summed E-state index contributed by atoms with van der Waals surface area (Å²) >= 11 is 0. The van der Waals surface area contributed by atoms with E-state index in [0.717, 1.165) is 34.0 Å². The Balaban J connectivity index is 2.34. The summed E-state index contributed by atoms with van der Waals surface area (Å²) in [6.07, 6.45) is 0. The molecule has 4 heteroatoms. The van der Waals surface area contributed by atoms with Crippen LogP contribution in [0.25, 0.3) is 0 Å². The van der Waals surface area contributed by atoms with Crippen molar-refractivity contribution in [2.24, 2.45) is 7.05 Å². The summed E-state index contributed by atoms with van der Waals surface area (Å²) in [6.45, 7) is 5.92. The Labute approximate surface area is 107 Å². The monoisotopic (exact) mass is 246 g/mol. The maximum atomic E-state index is 9.08. The van der Waals surface area contributed by atoms with Crippen LogP contribution >= 0.6 is 0 Å². The molecule has 0 spiro atoms. The molecule has 2 rings (SSSR count). The van der Waals surface area contributed by atoms with Crippen LogP contribution in [0.1, 0.15) is 22.5 Å². The first-order valence-corrected chi connectivity index (χ1v) is 5.91. The van der Waals surface area contributed by atoms with E-state index < -0.39 is 0 Å². The number of benzene rings is 1. The zero-order valence-electron chi connectivity index (χ0n) is 11.2. The van der Waals surface area contributed by atoms with Gasteiger partial charge in [-0.2, -0.15) is 5.10 Å². The number of rotatable bonds is 3. The topological polar surface area (TPSA) is 47.3 Å². The molecule has 1 aromatic carbocycles. The highest BCUT2D eigenvalue weighted by Gasteiger charge is 2.12. The predicted octanol–water partition coefficient (Wildman–Crippen LogP) is 2.63. The van der Waals surface area contributed by atoms with E-state index in [4.69, 9.17) is 9.84 Å². The molecule has 0 saturated heterocycles. The van der Waals surface area contributed by atoms with Crippen molar-refractivity contribution in [2.75, 3.05) is 0 Å². The Bertz CT molecular complexity index is 573. The number of aliphatic hydroxyl groups is 1. The molecular formula is C14H18N2O2. The van der Waals surface area contributed by atoms with Gasteiger partial charge in [0.1, 0.15) is 11.4 Å². The van der Waals surface area contributed by atoms with E-state index in [9.17, 15) is 0 Å². The van der Waals surface area contributed by atoms with E-state index >= 15 is 0 Å². The number of aromatic nitrogens is 2. The standard InChI is InChI=1S/C14H18N2O2/c1-9-7-12(8-17)5-6-13(9)18-14-10(2)15-16(4)11(14)3/h5-7,17H,8H2,1-4H3. The molecule has 0 aliphatic rings. The van der Waals surface area contributed by atoms with Gasteiger partial charge in [0.2, 0.25) is 0 Å². The van der Waals surface area contributed by atoms with Gasteiger partial charge in [-0.3, -0.25) is 4.68 Å². The Morgan fingerprint density at radius 3 is 2.50 bits per heavy atom. The Morgan fingerprint density at radius 2 is 2.00 bits per heavy atom. The van der Waals surface area contributed by atoms with Crippen LogP contribution in [-0.2, 0) is 13.7 Å². The van der Waals surface area contributed by atoms with Crippen LogP contribution in [0.3, 0.4) is 0 Å². The molecule has 96 valence electrons. The molecule has 18 heavy (non-hydrogen) atoms. The van der Waals surface area contributed by atoms with Crippen LogP contribution < -0.4 is 4.74 Å². The average Bonchev–Trinajstić information content (AvgIpc) is 2.58. The van der Waals surface area contributed by atoms with Gasteiger partial charge in [0.15, 0.2) is 5.75 Å². The van der Waals surface area contributed by atoms with Crippen molar-refractivity contribution in [3.8, 4) is 11.5 Å². The van der Waals surface area contributed by atoms with Gasteiger partial charge < -0.3 is 9.84 Å². The lowest BCUT2D eigenvalue weighted by atomic mass is 10.1. The van der Waals surface area contributed by atoms with Crippen LogP contribution in [0.15, 0.2) is 18.2 Å². The first kappa shape index (κ1) is 12.6. The molecule has 0 fully saturated rings. The molecule has 1 heterocycles. The minimum Gasteiger partial charge on any atom is -0.453 e. The third-order valence-corrected chi connectivity index (χ3v) is 3.08. The summed E-state index contributed by atoms with van der Waals surface area (Å²) in [5.74, 6) is 1.60. The van der Waals surface area contributed by atoms with Crippen molar-refractivity contribution in [1.82, 2.24) is 9.78 Å². The molecule has 4 nitrogen and oxygen atoms in total. The second-order valence-electron chi connectivity index (χ2n) is 4.48. The van der Waals surface area contributed by atoms with Crippen molar-refractivity contribution in [1.29, 1.82) is 0 Å². The predicted molar refractivity (Wildman–Crippen MR) is 69.9 cm³/mol. The lowest BCUT2D eigenvalue weighted by molar-refractivity contribution is 0.281. The molecule has 0 aliphatic heterocycles. The molecule has 0 atom stereocenters. The van der Waals surface area contributed by atoms with Gasteiger partial charge in [-0.25, -0.2) is 0 Å². The van der Waals surface area contributed by atoms with Gasteiger partial charge in [-0.05, 0) is 38.0 Å². The second kappa shape index (κ2) is 4.82. The minimum absolute atomic E-state index is 0.0477. The van der Waals surface area contributed by atoms with Gasteiger partial charge in [-0.15, -0.1) is 0 Å². The smallest absolute Gasteiger partial charge is 0.171 e. The maximum Gasteiger partial charge on any atom is 0.171 e. The van der Waals surface area contributed by atoms with Crippen molar-refractivity contribution in [3.05, 3.63) is 40.7 Å². The molecule has 0 aliphatic carbocycles. The highest BCUT2D eigenvalue weighted by Crippen LogP contribution is 2.30. The van der Waals surface area contributed by atoms with Crippen LogP contribution in [0, 0.1) is 20.8 Å². The maximum absolute atomic E-state index is 9.08. The minimum atomic E-state index is 0.0477. The van der Waals surface area contributed by atoms with E-state index in [1.165, 1.54) is 0 Å². The Kier molecular flexibility index (Phi) is 3.39.